The molecule has 0 saturated heterocycles. The van der Waals surface area contributed by atoms with Gasteiger partial charge in [0.05, 0.1) is 11.7 Å². The highest BCUT2D eigenvalue weighted by Crippen LogP contribution is 2.10. The summed E-state index contributed by atoms with van der Waals surface area (Å²) in [5.41, 5.74) is 5.37. The number of H-pyrrole nitrogens is 2. The smallest absolute Gasteiger partial charge is 0.277 e. The Hall–Kier alpha value is -3.41. The van der Waals surface area contributed by atoms with Gasteiger partial charge in [0.1, 0.15) is 18.0 Å². The molecule has 3 heterocycles. The monoisotopic (exact) mass is 271 g/mol. The van der Waals surface area contributed by atoms with Crippen LogP contribution in [0.15, 0.2) is 29.7 Å². The zero-order valence-corrected chi connectivity index (χ0v) is 10.0. The Kier molecular flexibility index (Phi) is 3.58. The van der Waals surface area contributed by atoms with Crippen molar-refractivity contribution in [3.8, 4) is 11.9 Å². The van der Waals surface area contributed by atoms with E-state index in [2.05, 4.69) is 24.9 Å². The second kappa shape index (κ2) is 5.49. The minimum absolute atomic E-state index is 0.252. The number of anilines is 1. The highest BCUT2D eigenvalue weighted by Gasteiger charge is 2.01. The van der Waals surface area contributed by atoms with E-state index in [4.69, 9.17) is 16.1 Å². The third-order valence-electron chi connectivity index (χ3n) is 2.33. The molecule has 0 aliphatic heterocycles. The van der Waals surface area contributed by atoms with Crippen LogP contribution in [-0.2, 0) is 0 Å². The Labute approximate surface area is 111 Å². The van der Waals surface area contributed by atoms with Crippen LogP contribution in [0.2, 0.25) is 0 Å². The quantitative estimate of drug-likeness (QED) is 0.444. The largest absolute Gasteiger partial charge is 0.492 e. The van der Waals surface area contributed by atoms with Crippen LogP contribution in [0.3, 0.4) is 0 Å². The van der Waals surface area contributed by atoms with Gasteiger partial charge in [-0.05, 0) is 6.07 Å². The lowest BCUT2D eigenvalue weighted by molar-refractivity contribution is 0.454. The highest BCUT2D eigenvalue weighted by atomic mass is 16.3. The van der Waals surface area contributed by atoms with Gasteiger partial charge < -0.3 is 20.8 Å². The number of nitriles is 1. The molecule has 9 heteroatoms. The van der Waals surface area contributed by atoms with E-state index in [1.807, 2.05) is 6.07 Å². The molecular formula is C11H9N7O2. The van der Waals surface area contributed by atoms with Gasteiger partial charge in [0.25, 0.3) is 5.56 Å². The maximum atomic E-state index is 10.5. The zero-order chi connectivity index (χ0) is 14.5. The Morgan fingerprint density at radius 1 is 1.30 bits per heavy atom. The average molecular weight is 271 g/mol. The maximum absolute atomic E-state index is 10.5. The highest BCUT2D eigenvalue weighted by molar-refractivity contribution is 5.79. The van der Waals surface area contributed by atoms with Crippen molar-refractivity contribution in [3.63, 3.8) is 0 Å². The lowest BCUT2D eigenvalue weighted by Gasteiger charge is -1.90. The van der Waals surface area contributed by atoms with Crippen LogP contribution in [0.4, 0.5) is 5.69 Å². The van der Waals surface area contributed by atoms with Crippen LogP contribution in [0.25, 0.3) is 11.0 Å². The molecule has 0 radical (unpaired) electrons. The lowest BCUT2D eigenvalue weighted by atomic mass is 10.3. The first kappa shape index (κ1) is 13.0. The Morgan fingerprint density at radius 2 is 2.10 bits per heavy atom. The number of nitrogens with two attached hydrogens (primary N) is 1. The molecule has 9 nitrogen and oxygen atoms in total. The lowest BCUT2D eigenvalue weighted by Crippen LogP contribution is -2.11. The van der Waals surface area contributed by atoms with Crippen molar-refractivity contribution in [3.05, 3.63) is 41.0 Å². The molecule has 0 unspecified atom stereocenters. The standard InChI is InChI=1S/C7H4N4.C4H5N3O2/c8-3-6-5-1-2-9-7(5)11-4-10-6;5-2-3(8)6-1-7-4(2)9/h1-2,4H,(H,9,10,11);1H,5H2,(H2,6,7,8,9). The fourth-order valence-electron chi connectivity index (χ4n) is 1.36. The van der Waals surface area contributed by atoms with Crippen molar-refractivity contribution in [2.75, 3.05) is 5.73 Å². The van der Waals surface area contributed by atoms with Gasteiger partial charge in [0.2, 0.25) is 5.88 Å². The normalized spacial score (nSPS) is 9.55. The van der Waals surface area contributed by atoms with E-state index >= 15 is 0 Å². The van der Waals surface area contributed by atoms with E-state index in [1.165, 1.54) is 6.33 Å². The van der Waals surface area contributed by atoms with Crippen molar-refractivity contribution in [1.82, 2.24) is 24.9 Å². The molecule has 5 N–H and O–H groups in total. The molecule has 3 aromatic rings. The van der Waals surface area contributed by atoms with E-state index in [0.29, 0.717) is 11.3 Å². The number of nitrogen functional groups attached to an aromatic ring is 1. The summed E-state index contributed by atoms with van der Waals surface area (Å²) in [5.74, 6) is -0.432. The van der Waals surface area contributed by atoms with Crippen molar-refractivity contribution in [2.45, 2.75) is 0 Å². The second-order valence-corrected chi connectivity index (χ2v) is 3.54. The van der Waals surface area contributed by atoms with Gasteiger partial charge in [-0.2, -0.15) is 5.26 Å². The first-order valence-electron chi connectivity index (χ1n) is 5.33. The topological polar surface area (TPSA) is 157 Å². The third-order valence-corrected chi connectivity index (χ3v) is 2.33. The molecule has 20 heavy (non-hydrogen) atoms. The van der Waals surface area contributed by atoms with Crippen molar-refractivity contribution in [2.24, 2.45) is 0 Å². The van der Waals surface area contributed by atoms with Gasteiger partial charge in [0.15, 0.2) is 11.4 Å². The average Bonchev–Trinajstić information content (AvgIpc) is 2.93. The van der Waals surface area contributed by atoms with Crippen LogP contribution in [-0.4, -0.2) is 30.0 Å². The Bertz CT molecular complexity index is 830. The van der Waals surface area contributed by atoms with Gasteiger partial charge in [0, 0.05) is 6.20 Å². The number of aromatic amines is 2. The minimum atomic E-state index is -0.525. The summed E-state index contributed by atoms with van der Waals surface area (Å²) >= 11 is 0. The Balaban J connectivity index is 0.000000151. The van der Waals surface area contributed by atoms with Crippen LogP contribution < -0.4 is 11.3 Å². The summed E-state index contributed by atoms with van der Waals surface area (Å²) < 4.78 is 0. The maximum Gasteiger partial charge on any atom is 0.277 e. The molecule has 0 bridgehead atoms. The van der Waals surface area contributed by atoms with Crippen LogP contribution in [0, 0.1) is 11.3 Å². The van der Waals surface area contributed by atoms with E-state index in [9.17, 15) is 4.79 Å². The van der Waals surface area contributed by atoms with E-state index < -0.39 is 11.4 Å². The molecule has 0 aliphatic rings. The Morgan fingerprint density at radius 3 is 2.75 bits per heavy atom. The van der Waals surface area contributed by atoms with E-state index in [1.54, 1.807) is 12.3 Å². The number of hydrogen-bond acceptors (Lipinski definition) is 7. The molecule has 0 fully saturated rings. The predicted octanol–water partition coefficient (Wildman–Crippen LogP) is -0.113. The first-order valence-corrected chi connectivity index (χ1v) is 5.33. The molecule has 3 rings (SSSR count). The molecule has 0 atom stereocenters. The summed E-state index contributed by atoms with van der Waals surface area (Å²) in [6.45, 7) is 0. The van der Waals surface area contributed by atoms with Gasteiger partial charge >= 0.3 is 0 Å². The second-order valence-electron chi connectivity index (χ2n) is 3.54. The number of aromatic hydroxyl groups is 1. The fourth-order valence-corrected chi connectivity index (χ4v) is 1.36. The minimum Gasteiger partial charge on any atom is -0.492 e. The van der Waals surface area contributed by atoms with Gasteiger partial charge in [-0.3, -0.25) is 4.79 Å². The van der Waals surface area contributed by atoms with Crippen molar-refractivity contribution in [1.29, 1.82) is 5.26 Å². The predicted molar refractivity (Wildman–Crippen MR) is 69.5 cm³/mol. The SMILES string of the molecule is N#Cc1ncnc2[nH]ccc12.Nc1c(O)nc[nH]c1=O. The van der Waals surface area contributed by atoms with Gasteiger partial charge in [-0.1, -0.05) is 0 Å². The van der Waals surface area contributed by atoms with E-state index in [-0.39, 0.29) is 5.69 Å². The molecule has 0 spiro atoms. The molecule has 100 valence electrons. The summed E-state index contributed by atoms with van der Waals surface area (Å²) in [4.78, 5) is 26.6. The molecule has 0 amide bonds. The summed E-state index contributed by atoms with van der Waals surface area (Å²) in [7, 11) is 0. The number of aromatic nitrogens is 5. The first-order chi connectivity index (χ1) is 9.63. The fraction of sp³-hybridized carbons (Fsp3) is 0. The third kappa shape index (κ3) is 2.54. The number of nitrogens with one attached hydrogen (secondary N) is 2. The van der Waals surface area contributed by atoms with Gasteiger partial charge in [-0.15, -0.1) is 0 Å². The summed E-state index contributed by atoms with van der Waals surface area (Å²) in [6, 6.07) is 3.77. The molecule has 3 aromatic heterocycles. The number of hydrogen-bond donors (Lipinski definition) is 4. The molecule has 0 aliphatic carbocycles. The summed E-state index contributed by atoms with van der Waals surface area (Å²) in [5, 5.41) is 18.0. The van der Waals surface area contributed by atoms with E-state index in [0.717, 1.165) is 11.7 Å². The van der Waals surface area contributed by atoms with Crippen molar-refractivity contribution < 1.29 is 5.11 Å². The molecule has 0 aromatic carbocycles. The van der Waals surface area contributed by atoms with Crippen molar-refractivity contribution >= 4 is 16.7 Å². The van der Waals surface area contributed by atoms with Gasteiger partial charge in [-0.25, -0.2) is 15.0 Å². The number of nitrogens with zero attached hydrogens (tertiary/aromatic N) is 4. The van der Waals surface area contributed by atoms with Crippen LogP contribution in [0.1, 0.15) is 5.69 Å². The van der Waals surface area contributed by atoms with Crippen LogP contribution >= 0.6 is 0 Å². The van der Waals surface area contributed by atoms with Crippen LogP contribution in [0.5, 0.6) is 5.88 Å². The zero-order valence-electron chi connectivity index (χ0n) is 10.0. The number of fused-ring (bicyclic) bond motifs is 1. The summed E-state index contributed by atoms with van der Waals surface area (Å²) in [6.07, 6.45) is 4.19. The molecule has 0 saturated carbocycles. The molecular weight excluding hydrogens is 262 g/mol. The number of rotatable bonds is 0.